The summed E-state index contributed by atoms with van der Waals surface area (Å²) in [4.78, 5) is 25.2. The number of carbonyl (C=O) groups excluding carboxylic acids is 2. The van der Waals surface area contributed by atoms with Gasteiger partial charge in [0.25, 0.3) is 0 Å². The number of carbonyl (C=O) groups is 2. The fourth-order valence-electron chi connectivity index (χ4n) is 4.08. The fourth-order valence-corrected chi connectivity index (χ4v) is 4.08. The highest BCUT2D eigenvalue weighted by Gasteiger charge is 2.20. The number of benzene rings is 4. The first-order chi connectivity index (χ1) is 16.0. The van der Waals surface area contributed by atoms with Gasteiger partial charge in [0.05, 0.1) is 13.0 Å². The molecule has 1 atom stereocenters. The molecule has 0 aliphatic heterocycles. The quantitative estimate of drug-likeness (QED) is 0.386. The van der Waals surface area contributed by atoms with Crippen LogP contribution in [0, 0.1) is 0 Å². The second-order valence-corrected chi connectivity index (χ2v) is 7.91. The first-order valence-electron chi connectivity index (χ1n) is 10.9. The lowest BCUT2D eigenvalue weighted by Crippen LogP contribution is -2.21. The van der Waals surface area contributed by atoms with Gasteiger partial charge in [-0.1, -0.05) is 61.5 Å². The van der Waals surface area contributed by atoms with Crippen LogP contribution < -0.4 is 15.8 Å². The number of amides is 2. The van der Waals surface area contributed by atoms with E-state index >= 15 is 0 Å². The van der Waals surface area contributed by atoms with Crippen LogP contribution in [0.1, 0.15) is 35.2 Å². The summed E-state index contributed by atoms with van der Waals surface area (Å²) in [5.74, 6) is -0.193. The van der Waals surface area contributed by atoms with Gasteiger partial charge in [-0.25, -0.2) is 0 Å². The number of rotatable bonds is 7. The van der Waals surface area contributed by atoms with Gasteiger partial charge in [-0.05, 0) is 64.2 Å². The van der Waals surface area contributed by atoms with Crippen LogP contribution in [0.4, 0.5) is 5.69 Å². The normalized spacial score (nSPS) is 11.7. The van der Waals surface area contributed by atoms with Gasteiger partial charge in [-0.2, -0.15) is 0 Å². The van der Waals surface area contributed by atoms with Crippen molar-refractivity contribution >= 4 is 28.3 Å². The number of primary amides is 1. The number of ether oxygens (including phenoxy) is 1. The van der Waals surface area contributed by atoms with Gasteiger partial charge in [-0.3, -0.25) is 9.59 Å². The molecule has 4 aromatic rings. The van der Waals surface area contributed by atoms with Gasteiger partial charge in [0.15, 0.2) is 0 Å². The van der Waals surface area contributed by atoms with Crippen LogP contribution in [0.25, 0.3) is 21.9 Å². The van der Waals surface area contributed by atoms with Gasteiger partial charge in [-0.15, -0.1) is 0 Å². The molecule has 0 radical (unpaired) electrons. The van der Waals surface area contributed by atoms with Gasteiger partial charge >= 0.3 is 0 Å². The van der Waals surface area contributed by atoms with Crippen molar-refractivity contribution in [2.24, 2.45) is 5.73 Å². The van der Waals surface area contributed by atoms with Crippen molar-refractivity contribution in [2.75, 3.05) is 12.4 Å². The van der Waals surface area contributed by atoms with Crippen LogP contribution in [0.15, 0.2) is 84.9 Å². The maximum absolute atomic E-state index is 12.9. The highest BCUT2D eigenvalue weighted by Crippen LogP contribution is 2.31. The molecule has 0 bridgehead atoms. The van der Waals surface area contributed by atoms with Gasteiger partial charge < -0.3 is 15.8 Å². The largest absolute Gasteiger partial charge is 0.497 e. The molecule has 5 heteroatoms. The third-order valence-corrected chi connectivity index (χ3v) is 5.84. The Hall–Kier alpha value is -4.12. The zero-order chi connectivity index (χ0) is 23.4. The minimum absolute atomic E-state index is 0.121. The molecule has 0 aromatic heterocycles. The van der Waals surface area contributed by atoms with Crippen molar-refractivity contribution in [3.63, 3.8) is 0 Å². The molecule has 4 aromatic carbocycles. The lowest BCUT2D eigenvalue weighted by molar-refractivity contribution is -0.117. The van der Waals surface area contributed by atoms with E-state index in [0.717, 1.165) is 27.6 Å². The second-order valence-electron chi connectivity index (χ2n) is 7.91. The topological polar surface area (TPSA) is 81.4 Å². The van der Waals surface area contributed by atoms with Gasteiger partial charge in [0.2, 0.25) is 11.8 Å². The predicted molar refractivity (Wildman–Crippen MR) is 133 cm³/mol. The molecule has 0 heterocycles. The third kappa shape index (κ3) is 4.72. The minimum Gasteiger partial charge on any atom is -0.497 e. The molecule has 4 rings (SSSR count). The van der Waals surface area contributed by atoms with E-state index in [0.29, 0.717) is 23.2 Å². The van der Waals surface area contributed by atoms with E-state index in [1.165, 1.54) is 0 Å². The molecular weight excluding hydrogens is 412 g/mol. The Morgan fingerprint density at radius 3 is 2.36 bits per heavy atom. The summed E-state index contributed by atoms with van der Waals surface area (Å²) in [7, 11) is 1.63. The van der Waals surface area contributed by atoms with E-state index in [-0.39, 0.29) is 11.8 Å². The first-order valence-corrected chi connectivity index (χ1v) is 10.9. The molecule has 0 aliphatic carbocycles. The second kappa shape index (κ2) is 9.57. The molecule has 0 spiro atoms. The Morgan fingerprint density at radius 1 is 0.909 bits per heavy atom. The van der Waals surface area contributed by atoms with E-state index < -0.39 is 5.91 Å². The SMILES string of the molecule is CCC(C(=O)Nc1ccc(-c2ccc3ccc(OC)cc3c2)c(C(N)=O)c1)c1ccccc1. The van der Waals surface area contributed by atoms with Crippen LogP contribution in [0.3, 0.4) is 0 Å². The van der Waals surface area contributed by atoms with Crippen molar-refractivity contribution in [1.29, 1.82) is 0 Å². The zero-order valence-corrected chi connectivity index (χ0v) is 18.7. The van der Waals surface area contributed by atoms with E-state index in [1.807, 2.05) is 79.7 Å². The lowest BCUT2D eigenvalue weighted by Gasteiger charge is -2.17. The Balaban J connectivity index is 1.66. The summed E-state index contributed by atoms with van der Waals surface area (Å²) < 4.78 is 5.33. The molecule has 1 unspecified atom stereocenters. The average molecular weight is 439 g/mol. The number of nitrogens with one attached hydrogen (secondary N) is 1. The lowest BCUT2D eigenvalue weighted by atomic mass is 9.94. The number of nitrogens with two attached hydrogens (primary N) is 1. The van der Waals surface area contributed by atoms with Crippen LogP contribution in [-0.4, -0.2) is 18.9 Å². The molecule has 5 nitrogen and oxygen atoms in total. The predicted octanol–water partition coefficient (Wildman–Crippen LogP) is 5.75. The monoisotopic (exact) mass is 438 g/mol. The van der Waals surface area contributed by atoms with Crippen molar-refractivity contribution in [3.8, 4) is 16.9 Å². The smallest absolute Gasteiger partial charge is 0.249 e. The molecule has 0 aliphatic rings. The summed E-state index contributed by atoms with van der Waals surface area (Å²) in [6.07, 6.45) is 0.664. The van der Waals surface area contributed by atoms with E-state index in [4.69, 9.17) is 10.5 Å². The zero-order valence-electron chi connectivity index (χ0n) is 18.7. The van der Waals surface area contributed by atoms with Crippen LogP contribution >= 0.6 is 0 Å². The summed E-state index contributed by atoms with van der Waals surface area (Å²) in [6, 6.07) is 26.7. The Bertz CT molecular complexity index is 1320. The molecule has 0 saturated carbocycles. The van der Waals surface area contributed by atoms with Crippen molar-refractivity contribution in [2.45, 2.75) is 19.3 Å². The maximum atomic E-state index is 12.9. The van der Waals surface area contributed by atoms with Crippen molar-refractivity contribution < 1.29 is 14.3 Å². The maximum Gasteiger partial charge on any atom is 0.249 e. The Kier molecular flexibility index (Phi) is 6.41. The van der Waals surface area contributed by atoms with Gasteiger partial charge in [0.1, 0.15) is 5.75 Å². The van der Waals surface area contributed by atoms with Crippen LogP contribution in [-0.2, 0) is 4.79 Å². The molecule has 33 heavy (non-hydrogen) atoms. The summed E-state index contributed by atoms with van der Waals surface area (Å²) in [6.45, 7) is 1.98. The van der Waals surface area contributed by atoms with E-state index in [9.17, 15) is 9.59 Å². The molecular formula is C28H26N2O3. The number of methoxy groups -OCH3 is 1. The van der Waals surface area contributed by atoms with E-state index in [2.05, 4.69) is 5.32 Å². The summed E-state index contributed by atoms with van der Waals surface area (Å²) >= 11 is 0. The highest BCUT2D eigenvalue weighted by molar-refractivity contribution is 6.03. The van der Waals surface area contributed by atoms with Gasteiger partial charge in [0, 0.05) is 11.3 Å². The molecule has 2 amide bonds. The highest BCUT2D eigenvalue weighted by atomic mass is 16.5. The van der Waals surface area contributed by atoms with Crippen molar-refractivity contribution in [3.05, 3.63) is 96.1 Å². The number of fused-ring (bicyclic) bond motifs is 1. The molecule has 0 saturated heterocycles. The molecule has 0 fully saturated rings. The number of anilines is 1. The van der Waals surface area contributed by atoms with E-state index in [1.54, 1.807) is 19.2 Å². The summed E-state index contributed by atoms with van der Waals surface area (Å²) in [5.41, 5.74) is 9.12. The Labute approximate surface area is 193 Å². The van der Waals surface area contributed by atoms with Crippen LogP contribution in [0.2, 0.25) is 0 Å². The minimum atomic E-state index is -0.554. The fraction of sp³-hybridized carbons (Fsp3) is 0.143. The summed E-state index contributed by atoms with van der Waals surface area (Å²) in [5, 5.41) is 5.01. The van der Waals surface area contributed by atoms with Crippen LogP contribution in [0.5, 0.6) is 5.75 Å². The molecule has 166 valence electrons. The first kappa shape index (κ1) is 22.1. The number of hydrogen-bond acceptors (Lipinski definition) is 3. The van der Waals surface area contributed by atoms with Crippen molar-refractivity contribution in [1.82, 2.24) is 0 Å². The standard InChI is InChI=1S/C28H26N2O3/c1-3-24(19-7-5-4-6-8-19)28(32)30-22-12-14-25(26(17-22)27(29)31)20-10-9-18-11-13-23(33-2)16-21(18)15-20/h4-17,24H,3H2,1-2H3,(H2,29,31)(H,30,32). The molecule has 3 N–H and O–H groups in total. The Morgan fingerprint density at radius 2 is 1.67 bits per heavy atom. The number of hydrogen-bond donors (Lipinski definition) is 2. The third-order valence-electron chi connectivity index (χ3n) is 5.84. The average Bonchev–Trinajstić information content (AvgIpc) is 2.84.